The number of fused-ring (bicyclic) bond motifs is 1. The van der Waals surface area contributed by atoms with Gasteiger partial charge in [-0.15, -0.1) is 11.3 Å². The molecular formula is C16H11BrN2OS. The summed E-state index contributed by atoms with van der Waals surface area (Å²) in [6.07, 6.45) is 3.94. The first-order chi connectivity index (χ1) is 10.1. The van der Waals surface area contributed by atoms with Gasteiger partial charge in [0.2, 0.25) is 5.91 Å². The molecule has 0 unspecified atom stereocenters. The van der Waals surface area contributed by atoms with Gasteiger partial charge in [-0.2, -0.15) is 0 Å². The van der Waals surface area contributed by atoms with Gasteiger partial charge in [-0.25, -0.2) is 4.98 Å². The molecule has 0 fully saturated rings. The zero-order valence-corrected chi connectivity index (χ0v) is 13.3. The van der Waals surface area contributed by atoms with Crippen LogP contribution in [-0.2, 0) is 0 Å². The predicted octanol–water partition coefficient (Wildman–Crippen LogP) is 4.33. The molecule has 0 radical (unpaired) electrons. The third-order valence-corrected chi connectivity index (χ3v) is 4.47. The van der Waals surface area contributed by atoms with Crippen LogP contribution in [0.1, 0.15) is 20.9 Å². The van der Waals surface area contributed by atoms with E-state index in [-0.39, 0.29) is 0 Å². The zero-order valence-electron chi connectivity index (χ0n) is 10.9. The smallest absolute Gasteiger partial charge is 0.248 e. The van der Waals surface area contributed by atoms with Crippen molar-refractivity contribution >= 4 is 55.5 Å². The Morgan fingerprint density at radius 3 is 2.62 bits per heavy atom. The van der Waals surface area contributed by atoms with Crippen molar-refractivity contribution in [2.45, 2.75) is 0 Å². The highest BCUT2D eigenvalue weighted by Crippen LogP contribution is 2.26. The standard InChI is InChI=1S/C16H11BrN2OS/c17-12-6-7-14-13(9-12)19-15(21-14)8-3-10-1-4-11(5-2-10)16(18)20/h1-9H,(H2,18,20). The van der Waals surface area contributed by atoms with E-state index in [1.54, 1.807) is 23.5 Å². The zero-order chi connectivity index (χ0) is 14.8. The van der Waals surface area contributed by atoms with E-state index < -0.39 is 5.91 Å². The number of benzene rings is 2. The number of aromatic nitrogens is 1. The highest BCUT2D eigenvalue weighted by Gasteiger charge is 2.02. The maximum atomic E-state index is 11.0. The summed E-state index contributed by atoms with van der Waals surface area (Å²) in [7, 11) is 0. The molecule has 3 aromatic rings. The van der Waals surface area contributed by atoms with Crippen molar-refractivity contribution in [1.29, 1.82) is 0 Å². The van der Waals surface area contributed by atoms with Crippen LogP contribution in [0.5, 0.6) is 0 Å². The molecule has 3 nitrogen and oxygen atoms in total. The Labute approximate surface area is 134 Å². The summed E-state index contributed by atoms with van der Waals surface area (Å²) in [5.41, 5.74) is 7.71. The van der Waals surface area contributed by atoms with Crippen LogP contribution in [0.25, 0.3) is 22.4 Å². The van der Waals surface area contributed by atoms with Gasteiger partial charge in [0.25, 0.3) is 0 Å². The third kappa shape index (κ3) is 3.20. The second kappa shape index (κ2) is 5.79. The van der Waals surface area contributed by atoms with Gasteiger partial charge in [0.15, 0.2) is 0 Å². The highest BCUT2D eigenvalue weighted by molar-refractivity contribution is 9.10. The minimum atomic E-state index is -0.415. The lowest BCUT2D eigenvalue weighted by molar-refractivity contribution is 0.100. The minimum absolute atomic E-state index is 0.415. The number of nitrogens with zero attached hydrogens (tertiary/aromatic N) is 1. The van der Waals surface area contributed by atoms with E-state index in [0.717, 1.165) is 25.3 Å². The van der Waals surface area contributed by atoms with Crippen molar-refractivity contribution in [2.24, 2.45) is 5.73 Å². The fourth-order valence-corrected chi connectivity index (χ4v) is 3.12. The molecule has 0 saturated carbocycles. The molecule has 21 heavy (non-hydrogen) atoms. The Bertz CT molecular complexity index is 837. The van der Waals surface area contributed by atoms with Crippen LogP contribution >= 0.6 is 27.3 Å². The molecule has 0 spiro atoms. The molecular weight excluding hydrogens is 348 g/mol. The van der Waals surface area contributed by atoms with E-state index in [4.69, 9.17) is 5.73 Å². The van der Waals surface area contributed by atoms with Crippen LogP contribution in [0.15, 0.2) is 46.9 Å². The molecule has 0 atom stereocenters. The van der Waals surface area contributed by atoms with Crippen LogP contribution in [0, 0.1) is 0 Å². The van der Waals surface area contributed by atoms with E-state index in [0.29, 0.717) is 5.56 Å². The number of amides is 1. The summed E-state index contributed by atoms with van der Waals surface area (Å²) in [6.45, 7) is 0. The number of nitrogens with two attached hydrogens (primary N) is 1. The van der Waals surface area contributed by atoms with Crippen LogP contribution in [0.3, 0.4) is 0 Å². The Hall–Kier alpha value is -1.98. The van der Waals surface area contributed by atoms with Crippen molar-refractivity contribution in [1.82, 2.24) is 4.98 Å². The third-order valence-electron chi connectivity index (χ3n) is 2.98. The van der Waals surface area contributed by atoms with Gasteiger partial charge in [-0.1, -0.05) is 34.1 Å². The van der Waals surface area contributed by atoms with E-state index in [2.05, 4.69) is 27.0 Å². The molecule has 104 valence electrons. The van der Waals surface area contributed by atoms with Gasteiger partial charge in [0.05, 0.1) is 10.2 Å². The number of rotatable bonds is 3. The minimum Gasteiger partial charge on any atom is -0.366 e. The summed E-state index contributed by atoms with van der Waals surface area (Å²) < 4.78 is 2.18. The van der Waals surface area contributed by atoms with E-state index >= 15 is 0 Å². The van der Waals surface area contributed by atoms with Crippen molar-refractivity contribution < 1.29 is 4.79 Å². The van der Waals surface area contributed by atoms with Crippen molar-refractivity contribution in [3.05, 3.63) is 63.1 Å². The number of primary amides is 1. The Kier molecular flexibility index (Phi) is 3.86. The van der Waals surface area contributed by atoms with E-state index in [9.17, 15) is 4.79 Å². The molecule has 0 saturated heterocycles. The molecule has 0 aliphatic rings. The molecule has 2 N–H and O–H groups in total. The first-order valence-electron chi connectivity index (χ1n) is 6.26. The average molecular weight is 359 g/mol. The van der Waals surface area contributed by atoms with Crippen molar-refractivity contribution in [3.8, 4) is 0 Å². The molecule has 0 bridgehead atoms. The number of hydrogen-bond donors (Lipinski definition) is 1. The molecule has 1 heterocycles. The SMILES string of the molecule is NC(=O)c1ccc(C=Cc2nc3cc(Br)ccc3s2)cc1. The number of halogens is 1. The molecule has 2 aromatic carbocycles. The van der Waals surface area contributed by atoms with Gasteiger partial charge in [-0.3, -0.25) is 4.79 Å². The monoisotopic (exact) mass is 358 g/mol. The number of thiazole rings is 1. The number of carbonyl (C=O) groups excluding carboxylic acids is 1. The van der Waals surface area contributed by atoms with Gasteiger partial charge in [-0.05, 0) is 42.0 Å². The van der Waals surface area contributed by atoms with E-state index in [1.807, 2.05) is 36.4 Å². The van der Waals surface area contributed by atoms with E-state index in [1.165, 1.54) is 0 Å². The van der Waals surface area contributed by atoms with Crippen LogP contribution in [-0.4, -0.2) is 10.9 Å². The average Bonchev–Trinajstić information content (AvgIpc) is 2.87. The second-order valence-corrected chi connectivity index (χ2v) is 6.46. The summed E-state index contributed by atoms with van der Waals surface area (Å²) in [4.78, 5) is 15.6. The normalized spacial score (nSPS) is 11.3. The van der Waals surface area contributed by atoms with Gasteiger partial charge in [0.1, 0.15) is 5.01 Å². The largest absolute Gasteiger partial charge is 0.366 e. The maximum Gasteiger partial charge on any atom is 0.248 e. The Morgan fingerprint density at radius 2 is 1.90 bits per heavy atom. The molecule has 0 aliphatic carbocycles. The lowest BCUT2D eigenvalue weighted by Gasteiger charge is -1.95. The highest BCUT2D eigenvalue weighted by atomic mass is 79.9. The first-order valence-corrected chi connectivity index (χ1v) is 7.87. The molecule has 5 heteroatoms. The van der Waals surface area contributed by atoms with Crippen molar-refractivity contribution in [2.75, 3.05) is 0 Å². The fourth-order valence-electron chi connectivity index (χ4n) is 1.92. The molecule has 0 aliphatic heterocycles. The predicted molar refractivity (Wildman–Crippen MR) is 91.2 cm³/mol. The topological polar surface area (TPSA) is 56.0 Å². The van der Waals surface area contributed by atoms with Crippen LogP contribution < -0.4 is 5.73 Å². The summed E-state index contributed by atoms with van der Waals surface area (Å²) in [5.74, 6) is -0.415. The van der Waals surface area contributed by atoms with Gasteiger partial charge < -0.3 is 5.73 Å². The Balaban J connectivity index is 1.85. The first kappa shape index (κ1) is 14.0. The Morgan fingerprint density at radius 1 is 1.14 bits per heavy atom. The summed E-state index contributed by atoms with van der Waals surface area (Å²) >= 11 is 5.09. The van der Waals surface area contributed by atoms with Gasteiger partial charge >= 0.3 is 0 Å². The maximum absolute atomic E-state index is 11.0. The fraction of sp³-hybridized carbons (Fsp3) is 0. The number of hydrogen-bond acceptors (Lipinski definition) is 3. The lowest BCUT2D eigenvalue weighted by Crippen LogP contribution is -2.10. The van der Waals surface area contributed by atoms with Crippen LogP contribution in [0.2, 0.25) is 0 Å². The summed E-state index contributed by atoms with van der Waals surface area (Å²) in [6, 6.07) is 13.2. The summed E-state index contributed by atoms with van der Waals surface area (Å²) in [5, 5.41) is 0.946. The lowest BCUT2D eigenvalue weighted by atomic mass is 10.1. The number of carbonyl (C=O) groups is 1. The molecule has 1 aromatic heterocycles. The van der Waals surface area contributed by atoms with Crippen molar-refractivity contribution in [3.63, 3.8) is 0 Å². The van der Waals surface area contributed by atoms with Gasteiger partial charge in [0, 0.05) is 10.0 Å². The molecule has 1 amide bonds. The molecule has 3 rings (SSSR count). The van der Waals surface area contributed by atoms with Crippen LogP contribution in [0.4, 0.5) is 0 Å². The second-order valence-electron chi connectivity index (χ2n) is 4.48. The quantitative estimate of drug-likeness (QED) is 0.757.